The van der Waals surface area contributed by atoms with Crippen molar-refractivity contribution >= 4 is 46.6 Å². The van der Waals surface area contributed by atoms with Crippen molar-refractivity contribution in [2.45, 2.75) is 11.8 Å². The molecule has 0 fully saturated rings. The van der Waals surface area contributed by atoms with Crippen LogP contribution in [0.15, 0.2) is 95.7 Å². The van der Waals surface area contributed by atoms with Gasteiger partial charge in [-0.1, -0.05) is 83.6 Å². The van der Waals surface area contributed by atoms with Crippen LogP contribution in [0.1, 0.15) is 31.0 Å². The molecule has 0 radical (unpaired) electrons. The van der Waals surface area contributed by atoms with E-state index in [0.29, 0.717) is 9.92 Å². The molecule has 2 nitrogen and oxygen atoms in total. The van der Waals surface area contributed by atoms with E-state index in [4.69, 9.17) is 36.9 Å². The van der Waals surface area contributed by atoms with Gasteiger partial charge in [-0.25, -0.2) is 0 Å². The maximum absolute atomic E-state index is 12.6. The number of halogens is 2. The number of Topliss-reactive ketones (excluding diaryl/α,β-unsaturated/α-hetero) is 1. The molecule has 0 aliphatic carbocycles. The van der Waals surface area contributed by atoms with Crippen molar-refractivity contribution in [1.82, 2.24) is 0 Å². The van der Waals surface area contributed by atoms with E-state index in [-0.39, 0.29) is 38.5 Å². The van der Waals surface area contributed by atoms with Gasteiger partial charge in [-0.2, -0.15) is 0 Å². The van der Waals surface area contributed by atoms with Gasteiger partial charge in [0.25, 0.3) is 0 Å². The van der Waals surface area contributed by atoms with Gasteiger partial charge in [0.05, 0.1) is 24.4 Å². The van der Waals surface area contributed by atoms with Gasteiger partial charge >= 0.3 is 0 Å². The van der Waals surface area contributed by atoms with E-state index in [1.807, 2.05) is 0 Å². The van der Waals surface area contributed by atoms with Crippen molar-refractivity contribution in [2.24, 2.45) is 0 Å². The first-order valence-corrected chi connectivity index (χ1v) is 10.5. The third-order valence-corrected chi connectivity index (χ3v) is 5.78. The lowest BCUT2D eigenvalue weighted by Gasteiger charge is -2.19. The molecule has 0 spiro atoms. The summed E-state index contributed by atoms with van der Waals surface area (Å²) in [6.45, 7) is 1.25. The van der Waals surface area contributed by atoms with Crippen LogP contribution in [0.3, 0.4) is 0 Å². The second-order valence-corrected chi connectivity index (χ2v) is 7.97. The molecule has 0 aliphatic heterocycles. The zero-order chi connectivity index (χ0) is 30.5. The monoisotopic (exact) mass is 473 g/mol. The molecule has 31 heavy (non-hydrogen) atoms. The lowest BCUT2D eigenvalue weighted by Crippen LogP contribution is -2.00. The molecular weight excluding hydrogens is 445 g/mol. The molecule has 0 amide bonds. The molecule has 0 atom stereocenters. The summed E-state index contributed by atoms with van der Waals surface area (Å²) in [6, 6.07) is 1.46. The predicted octanol–water partition coefficient (Wildman–Crippen LogP) is 8.65. The number of carbonyl (C=O) groups is 1. The molecule has 4 aromatic rings. The van der Waals surface area contributed by atoms with Gasteiger partial charge in [-0.3, -0.25) is 4.79 Å². The van der Waals surface area contributed by atoms with Crippen LogP contribution in [0.25, 0.3) is 22.3 Å². The van der Waals surface area contributed by atoms with Crippen molar-refractivity contribution in [2.75, 3.05) is 4.72 Å². The van der Waals surface area contributed by atoms with E-state index < -0.39 is 66.2 Å². The summed E-state index contributed by atoms with van der Waals surface area (Å²) in [4.78, 5) is 13.1. The molecule has 154 valence electrons. The normalized spacial score (nSPS) is 15.2. The molecule has 4 rings (SSSR count). The van der Waals surface area contributed by atoms with Crippen LogP contribution >= 0.6 is 35.1 Å². The average Bonchev–Trinajstić information content (AvgIpc) is 2.93. The summed E-state index contributed by atoms with van der Waals surface area (Å²) in [5.41, 5.74) is -0.490. The summed E-state index contributed by atoms with van der Waals surface area (Å²) < 4.78 is 86.0. The van der Waals surface area contributed by atoms with Crippen molar-refractivity contribution in [3.63, 3.8) is 0 Å². The van der Waals surface area contributed by atoms with E-state index in [2.05, 4.69) is 4.72 Å². The largest absolute Gasteiger partial charge is 0.324 e. The Kier molecular flexibility index (Phi) is 3.83. The molecule has 4 aromatic carbocycles. The molecule has 0 bridgehead atoms. The topological polar surface area (TPSA) is 29.1 Å². The summed E-state index contributed by atoms with van der Waals surface area (Å²) >= 11 is 13.3. The van der Waals surface area contributed by atoms with Gasteiger partial charge in [-0.15, -0.1) is 0 Å². The molecule has 0 unspecified atom stereocenters. The SMILES string of the molecule is [2H]c1c([2H])c([2H])c(-c2cc(C(C)=O)cc(-c3c([2H])c([2H])c([2H])c([2H])c3[2H])c2NSc2ccc(Cl)cc2Cl)c([2H])c1[2H]. The van der Waals surface area contributed by atoms with Crippen LogP contribution in [0.5, 0.6) is 0 Å². The first kappa shape index (κ1) is 12.4. The molecule has 5 heteroatoms. The second-order valence-electron chi connectivity index (χ2n) is 6.28. The summed E-state index contributed by atoms with van der Waals surface area (Å²) in [6.07, 6.45) is 0. The molecule has 0 heterocycles. The van der Waals surface area contributed by atoms with Crippen LogP contribution < -0.4 is 4.72 Å². The highest BCUT2D eigenvalue weighted by Gasteiger charge is 2.17. The van der Waals surface area contributed by atoms with Gasteiger partial charge in [0, 0.05) is 26.6 Å². The highest BCUT2D eigenvalue weighted by atomic mass is 35.5. The minimum atomic E-state index is -0.617. The average molecular weight is 474 g/mol. The number of rotatable bonds is 6. The minimum absolute atomic E-state index is 0.0194. The lowest BCUT2D eigenvalue weighted by atomic mass is 9.92. The van der Waals surface area contributed by atoms with Crippen LogP contribution in [-0.2, 0) is 0 Å². The number of ketones is 1. The van der Waals surface area contributed by atoms with Crippen molar-refractivity contribution < 1.29 is 18.5 Å². The van der Waals surface area contributed by atoms with Crippen molar-refractivity contribution in [3.05, 3.63) is 106 Å². The smallest absolute Gasteiger partial charge is 0.159 e. The van der Waals surface area contributed by atoms with Gasteiger partial charge in [0.2, 0.25) is 0 Å². The fraction of sp³-hybridized carbons (Fsp3) is 0.0385. The van der Waals surface area contributed by atoms with Crippen LogP contribution in [0.4, 0.5) is 5.69 Å². The zero-order valence-electron chi connectivity index (χ0n) is 26.0. The summed E-state index contributed by atoms with van der Waals surface area (Å²) in [7, 11) is 0. The fourth-order valence-electron chi connectivity index (χ4n) is 2.78. The van der Waals surface area contributed by atoms with Gasteiger partial charge in [-0.05, 0) is 60.3 Å². The van der Waals surface area contributed by atoms with E-state index in [1.165, 1.54) is 25.1 Å². The predicted molar refractivity (Wildman–Crippen MR) is 133 cm³/mol. The molecule has 0 saturated carbocycles. The van der Waals surface area contributed by atoms with Gasteiger partial charge in [0.1, 0.15) is 0 Å². The molecule has 0 saturated heterocycles. The summed E-state index contributed by atoms with van der Waals surface area (Å²) in [5.74, 6) is -0.466. The quantitative estimate of drug-likeness (QED) is 0.224. The Bertz CT molecular complexity index is 1620. The number of benzene rings is 4. The van der Waals surface area contributed by atoms with Crippen molar-refractivity contribution in [1.29, 1.82) is 0 Å². The van der Waals surface area contributed by atoms with E-state index in [1.54, 1.807) is 12.1 Å². The Morgan fingerprint density at radius 2 is 1.42 bits per heavy atom. The molecule has 0 aliphatic rings. The second kappa shape index (κ2) is 9.61. The highest BCUT2D eigenvalue weighted by Crippen LogP contribution is 2.41. The summed E-state index contributed by atoms with van der Waals surface area (Å²) in [5, 5.41) is 0.647. The Morgan fingerprint density at radius 3 is 1.90 bits per heavy atom. The molecule has 1 N–H and O–H groups in total. The van der Waals surface area contributed by atoms with Gasteiger partial charge in [0.15, 0.2) is 5.78 Å². The standard InChI is InChI=1S/C26H19Cl2NOS/c1-17(30)20-14-22(18-8-4-2-5-9-18)26(23(15-20)19-10-6-3-7-11-19)29-31-25-13-12-21(27)16-24(25)28/h2-16,29H,1H3/i2D,3D,4D,5D,6D,7D,8D,9D,10D,11D. The molecule has 0 aromatic heterocycles. The van der Waals surface area contributed by atoms with E-state index in [9.17, 15) is 4.79 Å². The van der Waals surface area contributed by atoms with Crippen molar-refractivity contribution in [3.8, 4) is 22.3 Å². The van der Waals surface area contributed by atoms with E-state index >= 15 is 0 Å². The van der Waals surface area contributed by atoms with Crippen LogP contribution in [0.2, 0.25) is 10.0 Å². The van der Waals surface area contributed by atoms with Crippen LogP contribution in [-0.4, -0.2) is 5.78 Å². The first-order valence-electron chi connectivity index (χ1n) is 13.9. The Hall–Kier alpha value is -2.72. The minimum Gasteiger partial charge on any atom is -0.324 e. The van der Waals surface area contributed by atoms with Gasteiger partial charge < -0.3 is 4.72 Å². The number of nitrogens with one attached hydrogen (secondary N) is 1. The number of carbonyl (C=O) groups excluding carboxylic acids is 1. The third kappa shape index (κ3) is 4.96. The molecular formula is C26H19Cl2NOS. The Balaban J connectivity index is 2.16. The number of hydrogen-bond acceptors (Lipinski definition) is 3. The highest BCUT2D eigenvalue weighted by molar-refractivity contribution is 8.00. The lowest BCUT2D eigenvalue weighted by molar-refractivity contribution is 0.101. The fourth-order valence-corrected chi connectivity index (χ4v) is 4.03. The maximum Gasteiger partial charge on any atom is 0.159 e. The van der Waals surface area contributed by atoms with E-state index in [0.717, 1.165) is 11.9 Å². The Labute approximate surface area is 210 Å². The van der Waals surface area contributed by atoms with Crippen LogP contribution in [0, 0.1) is 0 Å². The first-order chi connectivity index (χ1) is 19.2. The Morgan fingerprint density at radius 1 is 0.871 bits per heavy atom. The maximum atomic E-state index is 12.6. The third-order valence-electron chi connectivity index (χ3n) is 4.24. The number of hydrogen-bond donors (Lipinski definition) is 1. The zero-order valence-corrected chi connectivity index (χ0v) is 18.3. The number of anilines is 1.